The third-order valence-corrected chi connectivity index (χ3v) is 9.46. The van der Waals surface area contributed by atoms with Crippen LogP contribution in [0.4, 0.5) is 0 Å². The summed E-state index contributed by atoms with van der Waals surface area (Å²) in [5, 5.41) is 58.8. The first kappa shape index (κ1) is 63.2. The highest BCUT2D eigenvalue weighted by Gasteiger charge is 2.21. The lowest BCUT2D eigenvalue weighted by molar-refractivity contribution is -0.126. The number of H-pyrrole nitrogens is 1. The molecule has 0 radical (unpaired) electrons. The fraction of sp³-hybridized carbons (Fsp3) is 0.353. The molecule has 5 atom stereocenters. The number of fused-ring (bicyclic) bond motifs is 1. The van der Waals surface area contributed by atoms with Gasteiger partial charge in [-0.05, 0) is 99.7 Å². The predicted molar refractivity (Wildman–Crippen MR) is 271 cm³/mol. The molecule has 71 heavy (non-hydrogen) atoms. The first-order valence-corrected chi connectivity index (χ1v) is 22.7. The molecule has 388 valence electrons. The summed E-state index contributed by atoms with van der Waals surface area (Å²) in [6.45, 7) is 9.51. The van der Waals surface area contributed by atoms with Crippen LogP contribution >= 0.6 is 0 Å². The molecule has 3 unspecified atom stereocenters. The largest absolute Gasteiger partial charge is 0.508 e. The number of aliphatic hydroxyl groups excluding tert-OH is 1. The van der Waals surface area contributed by atoms with Gasteiger partial charge in [0.05, 0.1) is 13.2 Å². The van der Waals surface area contributed by atoms with Crippen molar-refractivity contribution in [1.82, 2.24) is 42.4 Å². The van der Waals surface area contributed by atoms with Crippen molar-refractivity contribution in [2.24, 2.45) is 0 Å². The highest BCUT2D eigenvalue weighted by Crippen LogP contribution is 2.19. The minimum atomic E-state index is -0.583. The summed E-state index contributed by atoms with van der Waals surface area (Å²) in [6, 6.07) is 30.2. The third-order valence-electron chi connectivity index (χ3n) is 9.46. The van der Waals surface area contributed by atoms with E-state index in [9.17, 15) is 24.0 Å². The van der Waals surface area contributed by atoms with Gasteiger partial charge >= 0.3 is 0 Å². The van der Waals surface area contributed by atoms with Crippen LogP contribution in [-0.2, 0) is 59.2 Å². The molecule has 5 aromatic rings. The maximum atomic E-state index is 12.6. The minimum Gasteiger partial charge on any atom is -0.508 e. The molecule has 0 spiro atoms. The van der Waals surface area contributed by atoms with E-state index in [0.717, 1.165) is 34.2 Å². The quantitative estimate of drug-likeness (QED) is 0.0286. The van der Waals surface area contributed by atoms with Crippen molar-refractivity contribution in [2.75, 3.05) is 20.2 Å². The molecule has 6 amide bonds. The fourth-order valence-electron chi connectivity index (χ4n) is 6.37. The number of carboxylic acid groups (broad SMARTS) is 1. The molecule has 20 heteroatoms. The number of aromatic nitrogens is 1. The molecule has 0 saturated heterocycles. The maximum absolute atomic E-state index is 12.6. The highest BCUT2D eigenvalue weighted by atomic mass is 16.5. The maximum Gasteiger partial charge on any atom is 0.290 e. The van der Waals surface area contributed by atoms with Crippen molar-refractivity contribution in [3.05, 3.63) is 132 Å². The summed E-state index contributed by atoms with van der Waals surface area (Å²) in [6.07, 6.45) is 7.02. The van der Waals surface area contributed by atoms with Gasteiger partial charge in [-0.2, -0.15) is 0 Å². The zero-order valence-corrected chi connectivity index (χ0v) is 41.1. The Balaban J connectivity index is 0.000000966. The van der Waals surface area contributed by atoms with Crippen molar-refractivity contribution in [1.29, 1.82) is 0 Å². The summed E-state index contributed by atoms with van der Waals surface area (Å²) < 4.78 is 0. The smallest absolute Gasteiger partial charge is 0.290 e. The van der Waals surface area contributed by atoms with Crippen LogP contribution in [-0.4, -0.2) is 124 Å². The number of phenols is 2. The molecular weight excluding hydrogens is 917 g/mol. The Morgan fingerprint density at radius 2 is 1.07 bits per heavy atom. The summed E-state index contributed by atoms with van der Waals surface area (Å²) in [5.41, 5.74) is 6.57. The predicted octanol–water partition coefficient (Wildman–Crippen LogP) is 3.02. The van der Waals surface area contributed by atoms with Crippen LogP contribution < -0.4 is 37.4 Å². The van der Waals surface area contributed by atoms with E-state index >= 15 is 0 Å². The average Bonchev–Trinajstić information content (AvgIpc) is 3.76. The Morgan fingerprint density at radius 3 is 1.54 bits per heavy atom. The number of amides is 6. The van der Waals surface area contributed by atoms with Gasteiger partial charge < -0.3 is 57.3 Å². The van der Waals surface area contributed by atoms with Crippen molar-refractivity contribution in [3.63, 3.8) is 0 Å². The van der Waals surface area contributed by atoms with E-state index in [-0.39, 0.29) is 73.4 Å². The Morgan fingerprint density at radius 1 is 0.620 bits per heavy atom. The second kappa shape index (κ2) is 39.1. The lowest BCUT2D eigenvalue weighted by Crippen LogP contribution is -2.48. The van der Waals surface area contributed by atoms with Crippen molar-refractivity contribution in [3.8, 4) is 11.5 Å². The number of rotatable bonds is 21. The van der Waals surface area contributed by atoms with Gasteiger partial charge in [-0.3, -0.25) is 38.8 Å². The molecule has 5 rings (SSSR count). The van der Waals surface area contributed by atoms with Crippen LogP contribution in [0.25, 0.3) is 10.9 Å². The number of hydrogen-bond donors (Lipinski definition) is 13. The van der Waals surface area contributed by atoms with E-state index in [4.69, 9.17) is 35.2 Å². The van der Waals surface area contributed by atoms with Crippen LogP contribution in [0.2, 0.25) is 0 Å². The van der Waals surface area contributed by atoms with Gasteiger partial charge in [0.25, 0.3) is 6.47 Å². The van der Waals surface area contributed by atoms with Gasteiger partial charge in [0.15, 0.2) is 0 Å². The SMILES string of the molecule is CC(Cc1c[nH]c2ccccc12)NC(=O)[C@H](Cc1ccccc1)NC=O.CC(Cc1ccc(O)cc1)NC(=O)CNC=O.CCC.CN[C@@H](CO)C(=O)NC(C)Cc1ccc(O)cc1.O=CNO.O=CO. The Bertz CT molecular complexity index is 2230. The van der Waals surface area contributed by atoms with E-state index in [2.05, 4.69) is 56.8 Å². The van der Waals surface area contributed by atoms with Crippen molar-refractivity contribution < 1.29 is 59.2 Å². The molecule has 4 aromatic carbocycles. The topological polar surface area (TPSA) is 321 Å². The van der Waals surface area contributed by atoms with Gasteiger partial charge in [0.1, 0.15) is 23.6 Å². The van der Waals surface area contributed by atoms with E-state index in [1.54, 1.807) is 31.3 Å². The van der Waals surface area contributed by atoms with E-state index in [0.29, 0.717) is 32.1 Å². The number of aromatic amines is 1. The first-order chi connectivity index (χ1) is 34.1. The molecule has 0 aliphatic rings. The number of carbonyl (C=O) groups excluding carboxylic acids is 6. The second-order valence-electron chi connectivity index (χ2n) is 15.7. The molecule has 20 nitrogen and oxygen atoms in total. The van der Waals surface area contributed by atoms with Crippen LogP contribution in [0.15, 0.2) is 109 Å². The third kappa shape index (κ3) is 29.0. The number of hydroxylamine groups is 1. The monoisotopic (exact) mass is 989 g/mol. The standard InChI is InChI=1S/C21H23N3O2.C13H20N2O3.C12H16N2O3.C3H8.CH3NO2.CH2O2/c1-15(11-17-13-22-19-10-6-5-9-18(17)19)24-21(26)20(23-14-25)12-16-7-3-2-4-8-16;1-9(15-13(18)12(8-16)14-2)7-10-3-5-11(17)6-4-10;1-9(14-12(17)7-13-8-15)6-10-2-4-11(16)5-3-10;1-3-2;3-1-2-4;2-1-3/h2-10,13-15,20,22H,11-12H2,1H3,(H,23,25)(H,24,26);3-6,9,12,14,16-17H,7-8H2,1-2H3,(H,15,18);2-5,8-9,16H,6-7H2,1H3,(H,13,15)(H,14,17);3H2,1-2H3;1,4H,(H,2,3);1H,(H,2,3)/t15?,20-;9?,12-;;;;/m00..../s1. The molecule has 0 saturated carbocycles. The minimum absolute atomic E-state index is 0.0105. The van der Waals surface area contributed by atoms with Gasteiger partial charge in [-0.15, -0.1) is 0 Å². The molecule has 0 bridgehead atoms. The fourth-order valence-corrected chi connectivity index (χ4v) is 6.37. The lowest BCUT2D eigenvalue weighted by atomic mass is 10.0. The van der Waals surface area contributed by atoms with Crippen LogP contribution in [0, 0.1) is 0 Å². The van der Waals surface area contributed by atoms with Crippen LogP contribution in [0.1, 0.15) is 63.3 Å². The molecule has 1 heterocycles. The highest BCUT2D eigenvalue weighted by molar-refractivity contribution is 5.85. The summed E-state index contributed by atoms with van der Waals surface area (Å²) in [5.74, 6) is -0.158. The van der Waals surface area contributed by atoms with Crippen molar-refractivity contribution >= 4 is 54.3 Å². The Labute approximate surface area is 415 Å². The second-order valence-corrected chi connectivity index (χ2v) is 15.7. The Hall–Kier alpha value is -7.81. The summed E-state index contributed by atoms with van der Waals surface area (Å²) >= 11 is 0. The molecular formula is C51H72N8O12. The molecule has 0 aliphatic carbocycles. The van der Waals surface area contributed by atoms with E-state index < -0.39 is 12.1 Å². The van der Waals surface area contributed by atoms with Crippen LogP contribution in [0.5, 0.6) is 11.5 Å². The number of likely N-dealkylation sites (N-methyl/N-ethyl adjacent to an activating group) is 1. The van der Waals surface area contributed by atoms with Gasteiger partial charge in [0, 0.05) is 41.6 Å². The number of phenolic OH excluding ortho intramolecular Hbond substituents is 2. The lowest BCUT2D eigenvalue weighted by Gasteiger charge is -2.20. The zero-order valence-electron chi connectivity index (χ0n) is 41.1. The number of benzene rings is 4. The average molecular weight is 989 g/mol. The number of aromatic hydroxyl groups is 2. The number of carbonyl (C=O) groups is 7. The zero-order chi connectivity index (χ0) is 53.4. The first-order valence-electron chi connectivity index (χ1n) is 22.7. The van der Waals surface area contributed by atoms with Crippen molar-refractivity contribution in [2.45, 2.75) is 96.9 Å². The number of aliphatic hydroxyl groups is 1. The van der Waals surface area contributed by atoms with Crippen LogP contribution in [0.3, 0.4) is 0 Å². The number of para-hydroxylation sites is 1. The molecule has 1 aromatic heterocycles. The summed E-state index contributed by atoms with van der Waals surface area (Å²) in [4.78, 5) is 76.9. The van der Waals surface area contributed by atoms with Gasteiger partial charge in [-0.25, -0.2) is 5.48 Å². The molecule has 0 aliphatic heterocycles. The molecule has 13 N–H and O–H groups in total. The number of nitrogens with one attached hydrogen (secondary N) is 8. The summed E-state index contributed by atoms with van der Waals surface area (Å²) in [7, 11) is 1.63. The normalized spacial score (nSPS) is 11.8. The molecule has 0 fully saturated rings. The van der Waals surface area contributed by atoms with Gasteiger partial charge in [0.2, 0.25) is 37.0 Å². The van der Waals surface area contributed by atoms with E-state index in [1.165, 1.54) is 17.3 Å². The number of hydrogen-bond acceptors (Lipinski definition) is 12. The van der Waals surface area contributed by atoms with E-state index in [1.807, 2.05) is 99.8 Å². The Kier molecular flexibility index (Phi) is 34.8. The van der Waals surface area contributed by atoms with Gasteiger partial charge in [-0.1, -0.05) is 93.1 Å².